The molecule has 3 heterocycles. The van der Waals surface area contributed by atoms with Crippen LogP contribution >= 0.6 is 11.3 Å². The van der Waals surface area contributed by atoms with Gasteiger partial charge in [0.2, 0.25) is 15.9 Å². The van der Waals surface area contributed by atoms with Crippen molar-refractivity contribution in [2.75, 3.05) is 39.0 Å². The van der Waals surface area contributed by atoms with E-state index in [1.165, 1.54) is 10.6 Å². The molecule has 2 aliphatic rings. The van der Waals surface area contributed by atoms with E-state index >= 15 is 0 Å². The van der Waals surface area contributed by atoms with Crippen molar-refractivity contribution < 1.29 is 17.9 Å². The minimum atomic E-state index is -3.19. The first kappa shape index (κ1) is 16.9. The van der Waals surface area contributed by atoms with Gasteiger partial charge in [-0.25, -0.2) is 8.42 Å². The lowest BCUT2D eigenvalue weighted by atomic mass is 9.93. The van der Waals surface area contributed by atoms with E-state index in [2.05, 4.69) is 0 Å². The molecule has 0 N–H and O–H groups in total. The summed E-state index contributed by atoms with van der Waals surface area (Å²) < 4.78 is 30.9. The summed E-state index contributed by atoms with van der Waals surface area (Å²) >= 11 is 1.59. The van der Waals surface area contributed by atoms with Crippen LogP contribution in [0.3, 0.4) is 0 Å². The molecule has 2 aliphatic heterocycles. The molecule has 2 fully saturated rings. The number of sulfonamides is 1. The number of ether oxygens (including phenoxy) is 1. The number of amides is 1. The number of rotatable bonds is 3. The van der Waals surface area contributed by atoms with Crippen molar-refractivity contribution in [2.24, 2.45) is 5.92 Å². The minimum Gasteiger partial charge on any atom is -0.375 e. The molecule has 0 saturated carbocycles. The van der Waals surface area contributed by atoms with Crippen molar-refractivity contribution in [3.05, 3.63) is 22.4 Å². The van der Waals surface area contributed by atoms with Crippen molar-refractivity contribution in [2.45, 2.75) is 18.9 Å². The third-order valence-electron chi connectivity index (χ3n) is 4.56. The highest BCUT2D eigenvalue weighted by atomic mass is 32.2. The van der Waals surface area contributed by atoms with Crippen molar-refractivity contribution in [3.63, 3.8) is 0 Å². The Morgan fingerprint density at radius 2 is 2.22 bits per heavy atom. The van der Waals surface area contributed by atoms with Crippen LogP contribution in [0, 0.1) is 5.92 Å². The van der Waals surface area contributed by atoms with Gasteiger partial charge in [0, 0.05) is 32.1 Å². The molecule has 6 nitrogen and oxygen atoms in total. The van der Waals surface area contributed by atoms with Gasteiger partial charge in [0.05, 0.1) is 25.4 Å². The Morgan fingerprint density at radius 1 is 1.39 bits per heavy atom. The lowest BCUT2D eigenvalue weighted by Crippen LogP contribution is -2.49. The van der Waals surface area contributed by atoms with Crippen molar-refractivity contribution in [1.82, 2.24) is 9.21 Å². The van der Waals surface area contributed by atoms with Gasteiger partial charge in [-0.2, -0.15) is 15.6 Å². The smallest absolute Gasteiger partial charge is 0.227 e. The Morgan fingerprint density at radius 3 is 2.91 bits per heavy atom. The molecular formula is C15H22N2O4S2. The van der Waals surface area contributed by atoms with Crippen LogP contribution in [-0.2, 0) is 26.0 Å². The zero-order valence-electron chi connectivity index (χ0n) is 13.2. The Labute approximate surface area is 141 Å². The summed E-state index contributed by atoms with van der Waals surface area (Å²) in [6, 6.07) is 1.97. The lowest BCUT2D eigenvalue weighted by molar-refractivity contribution is -0.136. The SMILES string of the molecule is CS(=O)(=O)N1CCO[C@@H]2CN(C(=O)Cc3ccsc3)CC[C@@H]2C1. The van der Waals surface area contributed by atoms with Crippen LogP contribution in [0.1, 0.15) is 12.0 Å². The van der Waals surface area contributed by atoms with Gasteiger partial charge in [0.15, 0.2) is 0 Å². The van der Waals surface area contributed by atoms with Crippen LogP contribution in [0.25, 0.3) is 0 Å². The number of fused-ring (bicyclic) bond motifs is 1. The zero-order valence-corrected chi connectivity index (χ0v) is 14.8. The number of nitrogens with zero attached hydrogens (tertiary/aromatic N) is 2. The third kappa shape index (κ3) is 4.12. The monoisotopic (exact) mass is 358 g/mol. The van der Waals surface area contributed by atoms with Gasteiger partial charge in [-0.1, -0.05) is 0 Å². The highest BCUT2D eigenvalue weighted by molar-refractivity contribution is 7.88. The standard InChI is InChI=1S/C15H22N2O4S2/c1-23(19,20)17-5-6-21-14-10-16(4-2-13(14)9-17)15(18)8-12-3-7-22-11-12/h3,7,11,13-14H,2,4-6,8-10H2,1H3/t13-,14-/m1/s1. The molecule has 0 bridgehead atoms. The number of thiophene rings is 1. The molecule has 3 rings (SSSR count). The number of likely N-dealkylation sites (tertiary alicyclic amines) is 1. The van der Waals surface area contributed by atoms with E-state index in [1.807, 2.05) is 21.7 Å². The van der Waals surface area contributed by atoms with Crippen LogP contribution in [-0.4, -0.2) is 68.7 Å². The number of carbonyl (C=O) groups excluding carboxylic acids is 1. The van der Waals surface area contributed by atoms with E-state index < -0.39 is 10.0 Å². The molecule has 0 aliphatic carbocycles. The summed E-state index contributed by atoms with van der Waals surface area (Å²) in [6.07, 6.45) is 2.39. The Balaban J connectivity index is 1.61. The Kier molecular flexibility index (Phi) is 5.05. The molecule has 2 atom stereocenters. The summed E-state index contributed by atoms with van der Waals surface area (Å²) in [5, 5.41) is 3.97. The fourth-order valence-electron chi connectivity index (χ4n) is 3.23. The fraction of sp³-hybridized carbons (Fsp3) is 0.667. The number of hydrogen-bond acceptors (Lipinski definition) is 5. The van der Waals surface area contributed by atoms with Gasteiger partial charge >= 0.3 is 0 Å². The summed E-state index contributed by atoms with van der Waals surface area (Å²) in [4.78, 5) is 14.3. The second-order valence-electron chi connectivity index (χ2n) is 6.23. The fourth-order valence-corrected chi connectivity index (χ4v) is 4.77. The highest BCUT2D eigenvalue weighted by Gasteiger charge is 2.36. The second kappa shape index (κ2) is 6.88. The number of hydrogen-bond donors (Lipinski definition) is 0. The summed E-state index contributed by atoms with van der Waals surface area (Å²) in [5.41, 5.74) is 1.05. The molecule has 8 heteroatoms. The van der Waals surface area contributed by atoms with Crippen LogP contribution in [0.4, 0.5) is 0 Å². The minimum absolute atomic E-state index is 0.0677. The van der Waals surface area contributed by atoms with E-state index in [1.54, 1.807) is 11.3 Å². The van der Waals surface area contributed by atoms with Crippen LogP contribution < -0.4 is 0 Å². The second-order valence-corrected chi connectivity index (χ2v) is 8.99. The summed E-state index contributed by atoms with van der Waals surface area (Å²) in [7, 11) is -3.19. The Hall–Kier alpha value is -0.960. The van der Waals surface area contributed by atoms with E-state index in [-0.39, 0.29) is 17.9 Å². The first-order valence-electron chi connectivity index (χ1n) is 7.79. The number of piperidine rings is 1. The molecule has 0 spiro atoms. The van der Waals surface area contributed by atoms with Gasteiger partial charge in [0.1, 0.15) is 0 Å². The van der Waals surface area contributed by atoms with E-state index in [0.717, 1.165) is 12.0 Å². The molecule has 1 aromatic heterocycles. The molecule has 0 radical (unpaired) electrons. The van der Waals surface area contributed by atoms with E-state index in [9.17, 15) is 13.2 Å². The third-order valence-corrected chi connectivity index (χ3v) is 6.57. The molecule has 2 saturated heterocycles. The maximum atomic E-state index is 12.4. The van der Waals surface area contributed by atoms with Crippen molar-refractivity contribution >= 4 is 27.3 Å². The molecule has 0 unspecified atom stereocenters. The van der Waals surface area contributed by atoms with Crippen molar-refractivity contribution in [3.8, 4) is 0 Å². The van der Waals surface area contributed by atoms with Gasteiger partial charge in [-0.05, 0) is 28.8 Å². The predicted molar refractivity (Wildman–Crippen MR) is 88.9 cm³/mol. The normalized spacial score (nSPS) is 26.6. The Bertz CT molecular complexity index is 644. The topological polar surface area (TPSA) is 66.9 Å². The number of carbonyl (C=O) groups is 1. The van der Waals surface area contributed by atoms with Gasteiger partial charge in [-0.3, -0.25) is 4.79 Å². The average Bonchev–Trinajstić information content (AvgIpc) is 2.89. The molecule has 0 aromatic carbocycles. The summed E-state index contributed by atoms with van der Waals surface area (Å²) in [5.74, 6) is 0.284. The van der Waals surface area contributed by atoms with Crippen LogP contribution in [0.5, 0.6) is 0 Å². The molecular weight excluding hydrogens is 336 g/mol. The first-order chi connectivity index (χ1) is 10.9. The lowest BCUT2D eigenvalue weighted by Gasteiger charge is -2.37. The van der Waals surface area contributed by atoms with Gasteiger partial charge < -0.3 is 9.64 Å². The van der Waals surface area contributed by atoms with Gasteiger partial charge in [0.25, 0.3) is 0 Å². The van der Waals surface area contributed by atoms with E-state index in [0.29, 0.717) is 39.2 Å². The van der Waals surface area contributed by atoms with Crippen molar-refractivity contribution in [1.29, 1.82) is 0 Å². The molecule has 23 heavy (non-hydrogen) atoms. The highest BCUT2D eigenvalue weighted by Crippen LogP contribution is 2.25. The maximum absolute atomic E-state index is 12.4. The molecule has 128 valence electrons. The average molecular weight is 358 g/mol. The first-order valence-corrected chi connectivity index (χ1v) is 10.6. The maximum Gasteiger partial charge on any atom is 0.227 e. The molecule has 1 aromatic rings. The zero-order chi connectivity index (χ0) is 16.4. The van der Waals surface area contributed by atoms with Crippen LogP contribution in [0.15, 0.2) is 16.8 Å². The van der Waals surface area contributed by atoms with Crippen LogP contribution in [0.2, 0.25) is 0 Å². The van der Waals surface area contributed by atoms with Gasteiger partial charge in [-0.15, -0.1) is 0 Å². The predicted octanol–water partition coefficient (Wildman–Crippen LogP) is 0.800. The van der Waals surface area contributed by atoms with E-state index in [4.69, 9.17) is 4.74 Å². The molecule has 1 amide bonds. The quantitative estimate of drug-likeness (QED) is 0.802. The summed E-state index contributed by atoms with van der Waals surface area (Å²) in [6.45, 7) is 2.52. The largest absolute Gasteiger partial charge is 0.375 e.